The van der Waals surface area contributed by atoms with Crippen molar-refractivity contribution in [3.05, 3.63) is 93.9 Å². The molecule has 15 nitrogen and oxygen atoms in total. The standard InChI is InChI=1S/C28H13BrN2O13S3/c29-17-7-15-19(27(34)13-5-9(45(36,37)38)1-3-11(13)25(15)32)23-21(17)30-24-20-16(8-18(22(24)31-23)47(42,43)44)26(33)12-4-2-10(46(39,40)41)6-14(12)28(20)35/h1-8,30-31H,(H,36,37,38)(H,39,40,41)(H,42,43,44). The van der Waals surface area contributed by atoms with E-state index in [1.54, 1.807) is 0 Å². The molecule has 47 heavy (non-hydrogen) atoms. The molecular weight excluding hydrogens is 748 g/mol. The highest BCUT2D eigenvalue weighted by atomic mass is 79.9. The average molecular weight is 762 g/mol. The number of aromatic amines is 2. The SMILES string of the molecule is O=c1c2ccc(S(=O)(=O)O)cc2c(=O)c2c1cc(Br)c1[nH]c3c([nH]c12)c(S(=O)(=O)O)cc1c(=O)c2ccc(S(=O)(=O)O)cc2c(=O)c13. The summed E-state index contributed by atoms with van der Waals surface area (Å²) in [4.78, 5) is 57.9. The lowest BCUT2D eigenvalue weighted by Gasteiger charge is -2.14. The third-order valence-corrected chi connectivity index (χ3v) is 11.1. The molecule has 7 aromatic rings. The average Bonchev–Trinajstić information content (AvgIpc) is 2.99. The molecule has 238 valence electrons. The third-order valence-electron chi connectivity index (χ3n) is 7.85. The molecule has 0 aliphatic heterocycles. The van der Waals surface area contributed by atoms with Gasteiger partial charge >= 0.3 is 0 Å². The van der Waals surface area contributed by atoms with E-state index in [1.807, 2.05) is 0 Å². The van der Waals surface area contributed by atoms with Gasteiger partial charge in [0.1, 0.15) is 4.90 Å². The molecule has 1 heterocycles. The first-order valence-corrected chi connectivity index (χ1v) is 17.9. The zero-order chi connectivity index (χ0) is 34.1. The van der Waals surface area contributed by atoms with Gasteiger partial charge in [-0.15, -0.1) is 0 Å². The number of fused-ring (bicyclic) bond motifs is 8. The van der Waals surface area contributed by atoms with E-state index >= 15 is 0 Å². The van der Waals surface area contributed by atoms with Crippen LogP contribution in [0.3, 0.4) is 0 Å². The van der Waals surface area contributed by atoms with Crippen molar-refractivity contribution >= 4 is 111 Å². The first kappa shape index (κ1) is 31.0. The molecule has 0 radical (unpaired) electrons. The van der Waals surface area contributed by atoms with Crippen molar-refractivity contribution < 1.29 is 38.9 Å². The van der Waals surface area contributed by atoms with Crippen LogP contribution >= 0.6 is 15.9 Å². The van der Waals surface area contributed by atoms with Crippen molar-refractivity contribution in [2.24, 2.45) is 0 Å². The summed E-state index contributed by atoms with van der Waals surface area (Å²) in [6.45, 7) is 0. The highest BCUT2D eigenvalue weighted by Crippen LogP contribution is 2.34. The van der Waals surface area contributed by atoms with Crippen molar-refractivity contribution in [3.63, 3.8) is 0 Å². The Morgan fingerprint density at radius 1 is 0.468 bits per heavy atom. The second-order valence-electron chi connectivity index (χ2n) is 10.5. The molecule has 0 atom stereocenters. The van der Waals surface area contributed by atoms with Crippen LogP contribution < -0.4 is 21.7 Å². The van der Waals surface area contributed by atoms with Gasteiger partial charge in [0.15, 0.2) is 21.7 Å². The molecule has 5 N–H and O–H groups in total. The summed E-state index contributed by atoms with van der Waals surface area (Å²) in [5, 5.41) is -2.85. The molecule has 0 aliphatic carbocycles. The van der Waals surface area contributed by atoms with Crippen LogP contribution in [-0.4, -0.2) is 48.9 Å². The summed E-state index contributed by atoms with van der Waals surface area (Å²) in [5.74, 6) is 0. The molecule has 0 aliphatic rings. The maximum Gasteiger partial charge on any atom is 0.296 e. The van der Waals surface area contributed by atoms with Crippen LogP contribution in [0.1, 0.15) is 0 Å². The number of nitrogens with one attached hydrogen (secondary N) is 2. The summed E-state index contributed by atoms with van der Waals surface area (Å²) in [6.07, 6.45) is 0. The van der Waals surface area contributed by atoms with Gasteiger partial charge in [0.2, 0.25) is 0 Å². The zero-order valence-corrected chi connectivity index (χ0v) is 26.7. The fourth-order valence-corrected chi connectivity index (χ4v) is 8.00. The highest BCUT2D eigenvalue weighted by molar-refractivity contribution is 9.10. The number of benzene rings is 6. The number of halogens is 1. The Morgan fingerprint density at radius 3 is 1.34 bits per heavy atom. The predicted molar refractivity (Wildman–Crippen MR) is 174 cm³/mol. The van der Waals surface area contributed by atoms with Crippen molar-refractivity contribution in [3.8, 4) is 0 Å². The molecule has 7 rings (SSSR count). The first-order chi connectivity index (χ1) is 21.8. The Hall–Kier alpha value is -4.63. The maximum atomic E-state index is 13.9. The summed E-state index contributed by atoms with van der Waals surface area (Å²) in [5.41, 5.74) is -4.75. The molecular formula is C28H13BrN2O13S3. The molecule has 0 saturated carbocycles. The number of aromatic nitrogens is 2. The van der Waals surface area contributed by atoms with Crippen molar-refractivity contribution in [2.75, 3.05) is 0 Å². The summed E-state index contributed by atoms with van der Waals surface area (Å²) < 4.78 is 102. The lowest BCUT2D eigenvalue weighted by molar-refractivity contribution is 0.481. The molecule has 1 aromatic heterocycles. The Labute approximate surface area is 267 Å². The van der Waals surface area contributed by atoms with Crippen LogP contribution in [0.5, 0.6) is 0 Å². The molecule has 19 heteroatoms. The smallest absolute Gasteiger partial charge is 0.296 e. The number of rotatable bonds is 3. The topological polar surface area (TPSA) is 263 Å². The van der Waals surface area contributed by atoms with E-state index in [9.17, 15) is 58.1 Å². The Kier molecular flexibility index (Phi) is 6.40. The zero-order valence-electron chi connectivity index (χ0n) is 22.6. The van der Waals surface area contributed by atoms with E-state index in [4.69, 9.17) is 0 Å². The van der Waals surface area contributed by atoms with Gasteiger partial charge < -0.3 is 9.97 Å². The van der Waals surface area contributed by atoms with Crippen molar-refractivity contribution in [2.45, 2.75) is 14.7 Å². The summed E-state index contributed by atoms with van der Waals surface area (Å²) in [7, 11) is -14.8. The first-order valence-electron chi connectivity index (χ1n) is 12.8. The quantitative estimate of drug-likeness (QED) is 0.0987. The van der Waals surface area contributed by atoms with Gasteiger partial charge in [-0.05, 0) is 64.5 Å². The minimum absolute atomic E-state index is 0.0563. The second kappa shape index (κ2) is 9.70. The van der Waals surface area contributed by atoms with Crippen LogP contribution in [0.15, 0.2) is 86.9 Å². The minimum Gasteiger partial charge on any atom is -0.351 e. The lowest BCUT2D eigenvalue weighted by atomic mass is 9.99. The van der Waals surface area contributed by atoms with Crippen LogP contribution in [0.2, 0.25) is 0 Å². The van der Waals surface area contributed by atoms with Crippen molar-refractivity contribution in [1.29, 1.82) is 0 Å². The Balaban J connectivity index is 1.76. The van der Waals surface area contributed by atoms with E-state index in [1.165, 1.54) is 6.07 Å². The molecule has 0 unspecified atom stereocenters. The van der Waals surface area contributed by atoms with Gasteiger partial charge in [-0.2, -0.15) is 25.3 Å². The number of H-pyrrole nitrogens is 2. The predicted octanol–water partition coefficient (Wildman–Crippen LogP) is 2.64. The van der Waals surface area contributed by atoms with E-state index in [-0.39, 0.29) is 42.6 Å². The number of hydrogen-bond donors (Lipinski definition) is 5. The van der Waals surface area contributed by atoms with Gasteiger partial charge in [0.05, 0.1) is 42.6 Å². The van der Waals surface area contributed by atoms with Gasteiger partial charge in [0.25, 0.3) is 30.4 Å². The second-order valence-corrected chi connectivity index (χ2v) is 15.6. The Morgan fingerprint density at radius 2 is 0.894 bits per heavy atom. The molecule has 0 fully saturated rings. The fraction of sp³-hybridized carbons (Fsp3) is 0. The monoisotopic (exact) mass is 760 g/mol. The van der Waals surface area contributed by atoms with Crippen molar-refractivity contribution in [1.82, 2.24) is 9.97 Å². The largest absolute Gasteiger partial charge is 0.351 e. The van der Waals surface area contributed by atoms with Gasteiger partial charge in [-0.1, -0.05) is 0 Å². The molecule has 6 aromatic carbocycles. The molecule has 0 amide bonds. The summed E-state index contributed by atoms with van der Waals surface area (Å²) in [6, 6.07) is 7.36. The molecule has 0 bridgehead atoms. The number of hydrogen-bond acceptors (Lipinski definition) is 10. The normalized spacial score (nSPS) is 13.1. The highest BCUT2D eigenvalue weighted by Gasteiger charge is 2.25. The fourth-order valence-electron chi connectivity index (χ4n) is 5.79. The van der Waals surface area contributed by atoms with Gasteiger partial charge in [-0.25, -0.2) is 0 Å². The van der Waals surface area contributed by atoms with E-state index in [0.29, 0.717) is 6.07 Å². The third kappa shape index (κ3) is 4.50. The van der Waals surface area contributed by atoms with Crippen LogP contribution in [0, 0.1) is 0 Å². The van der Waals surface area contributed by atoms with Gasteiger partial charge in [-0.3, -0.25) is 32.8 Å². The van der Waals surface area contributed by atoms with Gasteiger partial charge in [0, 0.05) is 36.8 Å². The molecule has 0 saturated heterocycles. The Bertz CT molecular complexity index is 3250. The van der Waals surface area contributed by atoms with E-state index in [0.717, 1.165) is 36.4 Å². The lowest BCUT2D eigenvalue weighted by Crippen LogP contribution is -2.17. The van der Waals surface area contributed by atoms with Crippen LogP contribution in [0.25, 0.3) is 65.2 Å². The molecule has 0 spiro atoms. The van der Waals surface area contributed by atoms with Crippen LogP contribution in [-0.2, 0) is 30.4 Å². The van der Waals surface area contributed by atoms with E-state index in [2.05, 4.69) is 25.9 Å². The summed E-state index contributed by atoms with van der Waals surface area (Å²) >= 11 is 3.28. The maximum absolute atomic E-state index is 13.9. The minimum atomic E-state index is -5.19. The van der Waals surface area contributed by atoms with E-state index < -0.39 is 93.8 Å². The van der Waals surface area contributed by atoms with Crippen LogP contribution in [0.4, 0.5) is 0 Å².